The van der Waals surface area contributed by atoms with Gasteiger partial charge >= 0.3 is 6.18 Å². The molecule has 0 fully saturated rings. The number of alkyl halides is 5. The van der Waals surface area contributed by atoms with E-state index in [1.54, 1.807) is 0 Å². The Bertz CT molecular complexity index is 437. The summed E-state index contributed by atoms with van der Waals surface area (Å²) in [6, 6.07) is 0. The van der Waals surface area contributed by atoms with Gasteiger partial charge in [-0.15, -0.1) is 0 Å². The number of H-pyrrole nitrogens is 1. The first-order chi connectivity index (χ1) is 7.29. The van der Waals surface area contributed by atoms with Gasteiger partial charge in [-0.1, -0.05) is 0 Å². The molecule has 0 aromatic carbocycles. The maximum Gasteiger partial charge on any atom is 0.421 e. The molecule has 0 radical (unpaired) electrons. The fourth-order valence-electron chi connectivity index (χ4n) is 1.17. The van der Waals surface area contributed by atoms with E-state index in [9.17, 15) is 26.7 Å². The van der Waals surface area contributed by atoms with Crippen LogP contribution in [0.3, 0.4) is 0 Å². The predicted octanol–water partition coefficient (Wildman–Crippen LogP) is 1.82. The van der Waals surface area contributed by atoms with Gasteiger partial charge in [0.25, 0.3) is 6.43 Å². The fraction of sp³-hybridized carbons (Fsp3) is 0.375. The summed E-state index contributed by atoms with van der Waals surface area (Å²) in [5, 5.41) is 8.58. The van der Waals surface area contributed by atoms with Crippen molar-refractivity contribution in [3.63, 3.8) is 0 Å². The van der Waals surface area contributed by atoms with Gasteiger partial charge in [0.1, 0.15) is 5.56 Å². The third-order valence-electron chi connectivity index (χ3n) is 1.87. The van der Waals surface area contributed by atoms with Crippen LogP contribution in [0.1, 0.15) is 23.2 Å². The molecule has 2 N–H and O–H groups in total. The van der Waals surface area contributed by atoms with E-state index in [0.717, 1.165) is 0 Å². The molecule has 0 aliphatic rings. The Labute approximate surface area is 85.5 Å². The van der Waals surface area contributed by atoms with Crippen LogP contribution in [-0.4, -0.2) is 10.1 Å². The monoisotopic (exact) mass is 243 g/mol. The van der Waals surface area contributed by atoms with Crippen LogP contribution < -0.4 is 5.43 Å². The van der Waals surface area contributed by atoms with Crippen molar-refractivity contribution in [2.24, 2.45) is 0 Å². The first-order valence-corrected chi connectivity index (χ1v) is 3.99. The molecule has 1 heterocycles. The van der Waals surface area contributed by atoms with Crippen molar-refractivity contribution in [3.05, 3.63) is 33.2 Å². The average Bonchev–Trinajstić information content (AvgIpc) is 2.14. The molecule has 0 spiro atoms. The van der Waals surface area contributed by atoms with Gasteiger partial charge in [-0.25, -0.2) is 8.78 Å². The van der Waals surface area contributed by atoms with Crippen LogP contribution in [0.5, 0.6) is 0 Å². The summed E-state index contributed by atoms with van der Waals surface area (Å²) < 4.78 is 61.5. The van der Waals surface area contributed by atoms with Crippen molar-refractivity contribution < 1.29 is 27.1 Å². The van der Waals surface area contributed by atoms with E-state index < -0.39 is 41.5 Å². The number of aromatic nitrogens is 1. The van der Waals surface area contributed by atoms with Crippen molar-refractivity contribution in [1.29, 1.82) is 0 Å². The van der Waals surface area contributed by atoms with Crippen molar-refractivity contribution in [3.8, 4) is 0 Å². The van der Waals surface area contributed by atoms with Crippen LogP contribution in [0.15, 0.2) is 11.0 Å². The standard InChI is InChI=1S/C8H6F5NO2/c9-7(10)3-1-14-4(2-15)5(6(3)16)8(11,12)13/h1,7,15H,2H2,(H,14,16). The highest BCUT2D eigenvalue weighted by Crippen LogP contribution is 2.30. The van der Waals surface area contributed by atoms with Gasteiger partial charge in [0.15, 0.2) is 0 Å². The van der Waals surface area contributed by atoms with Crippen molar-refractivity contribution in [2.75, 3.05) is 0 Å². The van der Waals surface area contributed by atoms with Crippen LogP contribution in [0.25, 0.3) is 0 Å². The van der Waals surface area contributed by atoms with E-state index in [2.05, 4.69) is 0 Å². The second-order valence-corrected chi connectivity index (χ2v) is 2.88. The summed E-state index contributed by atoms with van der Waals surface area (Å²) in [7, 11) is 0. The first-order valence-electron chi connectivity index (χ1n) is 3.99. The van der Waals surface area contributed by atoms with E-state index in [4.69, 9.17) is 5.11 Å². The smallest absolute Gasteiger partial charge is 0.390 e. The Hall–Kier alpha value is -1.44. The number of aliphatic hydroxyl groups is 1. The van der Waals surface area contributed by atoms with E-state index in [1.807, 2.05) is 4.98 Å². The van der Waals surface area contributed by atoms with Gasteiger partial charge in [-0.05, 0) is 0 Å². The van der Waals surface area contributed by atoms with E-state index >= 15 is 0 Å². The number of nitrogens with one attached hydrogen (secondary N) is 1. The fourth-order valence-corrected chi connectivity index (χ4v) is 1.17. The number of rotatable bonds is 2. The second kappa shape index (κ2) is 4.20. The number of hydrogen-bond acceptors (Lipinski definition) is 2. The zero-order chi connectivity index (χ0) is 12.5. The average molecular weight is 243 g/mol. The maximum absolute atomic E-state index is 12.4. The van der Waals surface area contributed by atoms with Crippen LogP contribution >= 0.6 is 0 Å². The zero-order valence-electron chi connectivity index (χ0n) is 7.61. The Morgan fingerprint density at radius 2 is 1.94 bits per heavy atom. The van der Waals surface area contributed by atoms with E-state index in [0.29, 0.717) is 6.20 Å². The lowest BCUT2D eigenvalue weighted by Gasteiger charge is -2.11. The van der Waals surface area contributed by atoms with Gasteiger partial charge in [0.2, 0.25) is 5.43 Å². The Morgan fingerprint density at radius 1 is 1.38 bits per heavy atom. The molecule has 0 aliphatic heterocycles. The molecule has 16 heavy (non-hydrogen) atoms. The van der Waals surface area contributed by atoms with E-state index in [1.165, 1.54) is 0 Å². The summed E-state index contributed by atoms with van der Waals surface area (Å²) in [6.45, 7) is -1.09. The van der Waals surface area contributed by atoms with Crippen molar-refractivity contribution >= 4 is 0 Å². The third-order valence-corrected chi connectivity index (χ3v) is 1.87. The third kappa shape index (κ3) is 2.21. The largest absolute Gasteiger partial charge is 0.421 e. The highest BCUT2D eigenvalue weighted by molar-refractivity contribution is 5.28. The molecule has 90 valence electrons. The molecule has 0 amide bonds. The maximum atomic E-state index is 12.4. The van der Waals surface area contributed by atoms with Gasteiger partial charge in [0, 0.05) is 6.20 Å². The van der Waals surface area contributed by atoms with Gasteiger partial charge < -0.3 is 10.1 Å². The Morgan fingerprint density at radius 3 is 2.31 bits per heavy atom. The minimum atomic E-state index is -5.09. The van der Waals surface area contributed by atoms with Crippen molar-refractivity contribution in [1.82, 2.24) is 4.98 Å². The molecule has 1 aromatic rings. The predicted molar refractivity (Wildman–Crippen MR) is 42.9 cm³/mol. The quantitative estimate of drug-likeness (QED) is 0.778. The first kappa shape index (κ1) is 12.6. The van der Waals surface area contributed by atoms with E-state index in [-0.39, 0.29) is 0 Å². The number of hydrogen-bond donors (Lipinski definition) is 2. The molecule has 0 bridgehead atoms. The summed E-state index contributed by atoms with van der Waals surface area (Å²) in [4.78, 5) is 12.9. The molecule has 1 aromatic heterocycles. The number of halogens is 5. The highest BCUT2D eigenvalue weighted by Gasteiger charge is 2.38. The minimum Gasteiger partial charge on any atom is -0.390 e. The lowest BCUT2D eigenvalue weighted by Crippen LogP contribution is -2.26. The molecule has 0 aliphatic carbocycles. The molecule has 0 saturated heterocycles. The molecular formula is C8H6F5NO2. The molecule has 0 unspecified atom stereocenters. The summed E-state index contributed by atoms with van der Waals surface area (Å²) in [5.41, 5.74) is -5.70. The van der Waals surface area contributed by atoms with Crippen LogP contribution in [-0.2, 0) is 12.8 Å². The summed E-state index contributed by atoms with van der Waals surface area (Å²) >= 11 is 0. The minimum absolute atomic E-state index is 0.466. The zero-order valence-corrected chi connectivity index (χ0v) is 7.61. The van der Waals surface area contributed by atoms with Gasteiger partial charge in [-0.3, -0.25) is 4.79 Å². The lowest BCUT2D eigenvalue weighted by atomic mass is 10.1. The SMILES string of the molecule is O=c1c(C(F)F)c[nH]c(CO)c1C(F)(F)F. The lowest BCUT2D eigenvalue weighted by molar-refractivity contribution is -0.140. The second-order valence-electron chi connectivity index (χ2n) is 2.88. The van der Waals surface area contributed by atoms with Crippen LogP contribution in [0.2, 0.25) is 0 Å². The highest BCUT2D eigenvalue weighted by atomic mass is 19.4. The van der Waals surface area contributed by atoms with Gasteiger partial charge in [-0.2, -0.15) is 13.2 Å². The number of aromatic amines is 1. The Kier molecular flexibility index (Phi) is 3.32. The summed E-state index contributed by atoms with van der Waals surface area (Å²) in [6.07, 6.45) is -7.93. The number of pyridine rings is 1. The van der Waals surface area contributed by atoms with Crippen LogP contribution in [0.4, 0.5) is 22.0 Å². The van der Waals surface area contributed by atoms with Gasteiger partial charge in [0.05, 0.1) is 17.9 Å². The molecule has 3 nitrogen and oxygen atoms in total. The number of aliphatic hydroxyl groups excluding tert-OH is 1. The topological polar surface area (TPSA) is 53.1 Å². The normalized spacial score (nSPS) is 12.2. The summed E-state index contributed by atoms with van der Waals surface area (Å²) in [5.74, 6) is 0. The van der Waals surface area contributed by atoms with Crippen LogP contribution in [0, 0.1) is 0 Å². The molecule has 1 rings (SSSR count). The molecule has 0 atom stereocenters. The molecule has 8 heteroatoms. The van der Waals surface area contributed by atoms with Crippen molar-refractivity contribution in [2.45, 2.75) is 19.2 Å². The Balaban J connectivity index is 3.54. The molecular weight excluding hydrogens is 237 g/mol. The molecule has 0 saturated carbocycles.